The average molecular weight is 483 g/mol. The summed E-state index contributed by atoms with van der Waals surface area (Å²) in [6.07, 6.45) is 7.51. The maximum Gasteiger partial charge on any atom is 0.239 e. The fraction of sp³-hybridized carbons (Fsp3) is 0.0938. The molecule has 0 radical (unpaired) electrons. The first-order valence-corrected chi connectivity index (χ1v) is 14.8. The van der Waals surface area contributed by atoms with Gasteiger partial charge in [-0.1, -0.05) is 139 Å². The number of nitrogens with zero attached hydrogens (tertiary/aromatic N) is 2. The molecule has 0 saturated carbocycles. The Bertz CT molecular complexity index is 1330. The molecular formula is C32H31BN2Si. The van der Waals surface area contributed by atoms with Gasteiger partial charge in [0.05, 0.1) is 5.72 Å². The topological polar surface area (TPSA) is 17.8 Å². The van der Waals surface area contributed by atoms with Crippen LogP contribution in [0.5, 0.6) is 0 Å². The molecule has 5 rings (SSSR count). The first kappa shape index (κ1) is 23.8. The standard InChI is InChI=1S/C32H31BN2Si/c1-5-13-26(14-6-1)23-31(29-19-11-4-12-20-29)33-32-34-21-22-35(32)25-36-24-30(27-15-7-2-8-16-27)28-17-9-3-10-18-28/h1-23,30,33H,24-25,36H2. The van der Waals surface area contributed by atoms with Gasteiger partial charge in [0.15, 0.2) is 0 Å². The van der Waals surface area contributed by atoms with E-state index in [2.05, 4.69) is 138 Å². The molecule has 5 aromatic rings. The van der Waals surface area contributed by atoms with Gasteiger partial charge < -0.3 is 4.57 Å². The third kappa shape index (κ3) is 6.21. The lowest BCUT2D eigenvalue weighted by molar-refractivity contribution is 0.864. The van der Waals surface area contributed by atoms with Crippen molar-refractivity contribution in [1.29, 1.82) is 0 Å². The lowest BCUT2D eigenvalue weighted by Gasteiger charge is -2.18. The molecule has 36 heavy (non-hydrogen) atoms. The van der Waals surface area contributed by atoms with Crippen molar-refractivity contribution in [3.63, 3.8) is 0 Å². The number of aromatic nitrogens is 2. The summed E-state index contributed by atoms with van der Waals surface area (Å²) in [5.41, 5.74) is 7.74. The molecule has 0 fully saturated rings. The van der Waals surface area contributed by atoms with Gasteiger partial charge in [-0.25, -0.2) is 0 Å². The van der Waals surface area contributed by atoms with Gasteiger partial charge in [0.25, 0.3) is 0 Å². The summed E-state index contributed by atoms with van der Waals surface area (Å²) >= 11 is 0. The van der Waals surface area contributed by atoms with E-state index in [0.29, 0.717) is 5.92 Å². The van der Waals surface area contributed by atoms with Crippen molar-refractivity contribution in [2.75, 3.05) is 0 Å². The molecule has 0 spiro atoms. The fourth-order valence-electron chi connectivity index (χ4n) is 4.88. The molecule has 1 heterocycles. The van der Waals surface area contributed by atoms with Crippen molar-refractivity contribution in [2.24, 2.45) is 0 Å². The predicted octanol–water partition coefficient (Wildman–Crippen LogP) is 5.52. The number of hydrogen-bond acceptors (Lipinski definition) is 1. The van der Waals surface area contributed by atoms with Gasteiger partial charge in [0.1, 0.15) is 0 Å². The number of imidazole rings is 1. The Morgan fingerprint density at radius 2 is 1.31 bits per heavy atom. The molecule has 0 saturated heterocycles. The molecule has 4 aromatic carbocycles. The maximum atomic E-state index is 4.78. The molecule has 0 aliphatic rings. The Balaban J connectivity index is 1.33. The lowest BCUT2D eigenvalue weighted by Crippen LogP contribution is -2.29. The summed E-state index contributed by atoms with van der Waals surface area (Å²) in [4.78, 5) is 4.78. The van der Waals surface area contributed by atoms with Crippen LogP contribution in [-0.2, 0) is 6.17 Å². The molecular weight excluding hydrogens is 451 g/mol. The van der Waals surface area contributed by atoms with E-state index in [1.165, 1.54) is 33.8 Å². The van der Waals surface area contributed by atoms with Crippen LogP contribution in [0.4, 0.5) is 0 Å². The molecule has 0 atom stereocenters. The summed E-state index contributed by atoms with van der Waals surface area (Å²) in [6, 6.07) is 44.4. The van der Waals surface area contributed by atoms with Gasteiger partial charge >= 0.3 is 0 Å². The second-order valence-electron chi connectivity index (χ2n) is 9.18. The number of rotatable bonds is 10. The van der Waals surface area contributed by atoms with Crippen LogP contribution in [0.2, 0.25) is 6.04 Å². The van der Waals surface area contributed by atoms with E-state index in [-0.39, 0.29) is 9.52 Å². The minimum Gasteiger partial charge on any atom is -0.346 e. The zero-order chi connectivity index (χ0) is 24.4. The van der Waals surface area contributed by atoms with Gasteiger partial charge in [-0.05, 0) is 22.3 Å². The summed E-state index contributed by atoms with van der Waals surface area (Å²) in [5.74, 6) is 0.462. The Morgan fingerprint density at radius 1 is 0.750 bits per heavy atom. The van der Waals surface area contributed by atoms with Crippen LogP contribution in [0.15, 0.2) is 134 Å². The Kier molecular flexibility index (Phi) is 8.07. The zero-order valence-corrected chi connectivity index (χ0v) is 22.0. The van der Waals surface area contributed by atoms with Crippen molar-refractivity contribution in [3.05, 3.63) is 156 Å². The van der Waals surface area contributed by atoms with Gasteiger partial charge in [0, 0.05) is 34.0 Å². The van der Waals surface area contributed by atoms with Crippen molar-refractivity contribution in [3.8, 4) is 0 Å². The molecule has 0 unspecified atom stereocenters. The molecule has 0 amide bonds. The van der Waals surface area contributed by atoms with Crippen LogP contribution in [0.1, 0.15) is 28.2 Å². The first-order chi connectivity index (χ1) is 17.9. The molecule has 0 bridgehead atoms. The highest BCUT2D eigenvalue weighted by Crippen LogP contribution is 2.28. The van der Waals surface area contributed by atoms with Crippen molar-refractivity contribution < 1.29 is 0 Å². The Hall–Kier alpha value is -3.89. The molecule has 0 N–H and O–H groups in total. The quantitative estimate of drug-likeness (QED) is 0.189. The third-order valence-corrected chi connectivity index (χ3v) is 8.51. The molecule has 0 aliphatic carbocycles. The van der Waals surface area contributed by atoms with Crippen LogP contribution in [0.25, 0.3) is 11.5 Å². The first-order valence-electron chi connectivity index (χ1n) is 12.8. The average Bonchev–Trinajstić information content (AvgIpc) is 3.39. The highest BCUT2D eigenvalue weighted by molar-refractivity contribution is 6.73. The second-order valence-corrected chi connectivity index (χ2v) is 10.9. The van der Waals surface area contributed by atoms with E-state index in [1.807, 2.05) is 6.20 Å². The van der Waals surface area contributed by atoms with E-state index >= 15 is 0 Å². The molecule has 0 aliphatic heterocycles. The van der Waals surface area contributed by atoms with Crippen molar-refractivity contribution >= 4 is 34.1 Å². The van der Waals surface area contributed by atoms with Gasteiger partial charge in [-0.3, -0.25) is 4.98 Å². The summed E-state index contributed by atoms with van der Waals surface area (Å²) < 4.78 is 2.39. The largest absolute Gasteiger partial charge is 0.346 e. The van der Waals surface area contributed by atoms with E-state index in [1.54, 1.807) is 0 Å². The van der Waals surface area contributed by atoms with E-state index < -0.39 is 0 Å². The smallest absolute Gasteiger partial charge is 0.239 e. The molecule has 1 aromatic heterocycles. The fourth-order valence-corrected chi connectivity index (χ4v) is 6.89. The lowest BCUT2D eigenvalue weighted by atomic mass is 9.65. The third-order valence-electron chi connectivity index (χ3n) is 6.73. The van der Waals surface area contributed by atoms with Crippen molar-refractivity contribution in [1.82, 2.24) is 9.55 Å². The molecule has 2 nitrogen and oxygen atoms in total. The summed E-state index contributed by atoms with van der Waals surface area (Å²) in [7, 11) is 0.456. The Labute approximate surface area is 217 Å². The molecule has 4 heteroatoms. The van der Waals surface area contributed by atoms with Gasteiger partial charge in [-0.2, -0.15) is 0 Å². The number of hydrogen-bond donors (Lipinski definition) is 0. The van der Waals surface area contributed by atoms with E-state index in [4.69, 9.17) is 4.98 Å². The maximum absolute atomic E-state index is 4.78. The summed E-state index contributed by atoms with van der Waals surface area (Å²) in [5, 5.41) is 0. The van der Waals surface area contributed by atoms with Crippen LogP contribution in [0, 0.1) is 0 Å². The summed E-state index contributed by atoms with van der Waals surface area (Å²) in [6.45, 7) is 0. The van der Waals surface area contributed by atoms with Gasteiger partial charge in [-0.15, -0.1) is 0 Å². The van der Waals surface area contributed by atoms with Gasteiger partial charge in [0.2, 0.25) is 7.28 Å². The van der Waals surface area contributed by atoms with Crippen LogP contribution in [-0.4, -0.2) is 26.4 Å². The Morgan fingerprint density at radius 3 is 1.92 bits per heavy atom. The van der Waals surface area contributed by atoms with Crippen molar-refractivity contribution in [2.45, 2.75) is 18.1 Å². The highest BCUT2D eigenvalue weighted by Gasteiger charge is 2.15. The minimum absolute atomic E-state index is 0.364. The SMILES string of the molecule is B(C(=Cc1ccccc1)c1ccccc1)c1nccn1C[SiH2]CC(c1ccccc1)c1ccccc1. The molecule has 176 valence electrons. The predicted molar refractivity (Wildman–Crippen MR) is 158 cm³/mol. The van der Waals surface area contributed by atoms with Crippen LogP contribution in [0.3, 0.4) is 0 Å². The normalized spacial score (nSPS) is 11.9. The monoisotopic (exact) mass is 482 g/mol. The zero-order valence-electron chi connectivity index (χ0n) is 20.6. The minimum atomic E-state index is -0.364. The number of benzene rings is 4. The van der Waals surface area contributed by atoms with E-state index in [9.17, 15) is 0 Å². The van der Waals surface area contributed by atoms with Crippen LogP contribution >= 0.6 is 0 Å². The highest BCUT2D eigenvalue weighted by atomic mass is 28.2. The van der Waals surface area contributed by atoms with E-state index in [0.717, 1.165) is 19.2 Å². The van der Waals surface area contributed by atoms with Crippen LogP contribution < -0.4 is 5.72 Å². The second kappa shape index (κ2) is 12.2.